The van der Waals surface area contributed by atoms with Crippen LogP contribution in [-0.2, 0) is 38.2 Å². The van der Waals surface area contributed by atoms with E-state index in [4.69, 9.17) is 14.6 Å². The highest BCUT2D eigenvalue weighted by molar-refractivity contribution is 5.86. The summed E-state index contributed by atoms with van der Waals surface area (Å²) in [5, 5.41) is 24.6. The predicted octanol–water partition coefficient (Wildman–Crippen LogP) is 4.73. The number of amides is 2. The lowest BCUT2D eigenvalue weighted by Gasteiger charge is -2.59. The van der Waals surface area contributed by atoms with Crippen LogP contribution >= 0.6 is 0 Å². The normalized spacial score (nSPS) is 29.1. The van der Waals surface area contributed by atoms with Crippen molar-refractivity contribution in [3.63, 3.8) is 0 Å². The van der Waals surface area contributed by atoms with E-state index in [2.05, 4.69) is 10.6 Å². The van der Waals surface area contributed by atoms with E-state index in [0.717, 1.165) is 51.4 Å². The third-order valence-electron chi connectivity index (χ3n) is 11.6. The molecule has 5 aliphatic carbocycles. The van der Waals surface area contributed by atoms with E-state index in [0.29, 0.717) is 37.5 Å². The molecule has 48 heavy (non-hydrogen) atoms. The topological polar surface area (TPSA) is 185 Å². The lowest BCUT2D eigenvalue weighted by molar-refractivity contribution is -0.179. The zero-order valence-electron chi connectivity index (χ0n) is 29.8. The molecule has 4 bridgehead atoms. The highest BCUT2D eigenvalue weighted by Crippen LogP contribution is 2.65. The van der Waals surface area contributed by atoms with Gasteiger partial charge in [-0.05, 0) is 89.9 Å². The zero-order valence-corrected chi connectivity index (χ0v) is 29.8. The van der Waals surface area contributed by atoms with Gasteiger partial charge in [0.05, 0.1) is 41.2 Å². The van der Waals surface area contributed by atoms with Crippen LogP contribution in [-0.4, -0.2) is 72.2 Å². The molecular formula is C36H58N2O10. The predicted molar refractivity (Wildman–Crippen MR) is 176 cm³/mol. The van der Waals surface area contributed by atoms with Crippen LogP contribution in [0.5, 0.6) is 0 Å². The molecule has 0 aliphatic heterocycles. The maximum Gasteiger partial charge on any atom is 0.311 e. The van der Waals surface area contributed by atoms with E-state index < -0.39 is 51.4 Å². The monoisotopic (exact) mass is 678 g/mol. The van der Waals surface area contributed by atoms with Gasteiger partial charge in [0, 0.05) is 5.41 Å². The molecule has 4 N–H and O–H groups in total. The van der Waals surface area contributed by atoms with E-state index in [1.807, 2.05) is 41.5 Å². The Labute approximate surface area is 284 Å². The lowest BCUT2D eigenvalue weighted by atomic mass is 9.44. The van der Waals surface area contributed by atoms with Crippen LogP contribution < -0.4 is 10.6 Å². The first-order valence-corrected chi connectivity index (χ1v) is 17.8. The van der Waals surface area contributed by atoms with Crippen LogP contribution in [0.4, 0.5) is 0 Å². The average Bonchev–Trinajstić information content (AvgIpc) is 3.04. The standard InChI is InChI=1S/C20H31NO5.C16H27NO5/c1-4-18(2,3)17(25)26-6-5-21-15(22)19-8-13-7-14(9-19)11-20(10-13,12-19)16(23)24;1-4-16(2,3)15(21)17-9-10-22-14(20)12-8-6-5-7-11(12)13(18)19/h13-14H,4-12H2,1-3H3,(H,21,22)(H,23,24);11-12H,4-10H2,1-3H3,(H,17,21)(H,18,19). The van der Waals surface area contributed by atoms with E-state index >= 15 is 0 Å². The van der Waals surface area contributed by atoms with Gasteiger partial charge in [-0.15, -0.1) is 0 Å². The van der Waals surface area contributed by atoms with Gasteiger partial charge in [-0.25, -0.2) is 0 Å². The molecule has 5 rings (SSSR count). The highest BCUT2D eigenvalue weighted by atomic mass is 16.5. The molecule has 4 atom stereocenters. The molecule has 5 saturated carbocycles. The molecule has 0 aromatic carbocycles. The molecule has 0 spiro atoms. The SMILES string of the molecule is CCC(C)(C)C(=O)NCCOC(=O)C1CCCCC1C(=O)O.CCC(C)(C)C(=O)OCCNC(=O)C12CC3CC(CC(C(=O)O)(C3)C1)C2. The van der Waals surface area contributed by atoms with Crippen molar-refractivity contribution in [2.75, 3.05) is 26.3 Å². The van der Waals surface area contributed by atoms with Crippen LogP contribution in [0.2, 0.25) is 0 Å². The molecule has 5 aliphatic rings. The van der Waals surface area contributed by atoms with Crippen LogP contribution in [0, 0.1) is 45.3 Å². The minimum Gasteiger partial charge on any atom is -0.481 e. The maximum atomic E-state index is 12.9. The van der Waals surface area contributed by atoms with Gasteiger partial charge in [-0.1, -0.05) is 40.5 Å². The molecule has 0 radical (unpaired) electrons. The van der Waals surface area contributed by atoms with E-state index in [-0.39, 0.29) is 44.1 Å². The van der Waals surface area contributed by atoms with Crippen LogP contribution in [0.1, 0.15) is 119 Å². The first kappa shape index (κ1) is 39.3. The maximum absolute atomic E-state index is 12.9. The number of carbonyl (C=O) groups is 6. The van der Waals surface area contributed by atoms with Crippen molar-refractivity contribution < 1.29 is 48.5 Å². The Bertz CT molecular complexity index is 1200. The van der Waals surface area contributed by atoms with Crippen molar-refractivity contribution in [3.05, 3.63) is 0 Å². The first-order valence-electron chi connectivity index (χ1n) is 17.8. The van der Waals surface area contributed by atoms with Gasteiger partial charge >= 0.3 is 23.9 Å². The summed E-state index contributed by atoms with van der Waals surface area (Å²) >= 11 is 0. The summed E-state index contributed by atoms with van der Waals surface area (Å²) in [5.41, 5.74) is -2.21. The van der Waals surface area contributed by atoms with Crippen molar-refractivity contribution in [1.82, 2.24) is 10.6 Å². The van der Waals surface area contributed by atoms with Crippen molar-refractivity contribution in [2.45, 2.75) is 119 Å². The number of carbonyl (C=O) groups excluding carboxylic acids is 4. The molecule has 0 saturated heterocycles. The summed E-state index contributed by atoms with van der Waals surface area (Å²) in [4.78, 5) is 71.8. The fourth-order valence-electron chi connectivity index (χ4n) is 8.15. The number of carboxylic acids is 2. The molecule has 0 aromatic rings. The number of aliphatic carboxylic acids is 2. The van der Waals surface area contributed by atoms with Crippen molar-refractivity contribution in [2.24, 2.45) is 45.3 Å². The van der Waals surface area contributed by atoms with Crippen LogP contribution in [0.25, 0.3) is 0 Å². The van der Waals surface area contributed by atoms with Gasteiger partial charge in [0.2, 0.25) is 11.8 Å². The first-order chi connectivity index (χ1) is 22.4. The summed E-state index contributed by atoms with van der Waals surface area (Å²) < 4.78 is 10.4. The third kappa shape index (κ3) is 9.28. The number of esters is 2. The summed E-state index contributed by atoms with van der Waals surface area (Å²) in [7, 11) is 0. The van der Waals surface area contributed by atoms with Crippen molar-refractivity contribution >= 4 is 35.7 Å². The molecule has 2 amide bonds. The molecular weight excluding hydrogens is 620 g/mol. The molecule has 272 valence electrons. The second-order valence-electron chi connectivity index (χ2n) is 16.0. The van der Waals surface area contributed by atoms with Gasteiger partial charge < -0.3 is 30.3 Å². The van der Waals surface area contributed by atoms with E-state index in [1.54, 1.807) is 0 Å². The van der Waals surface area contributed by atoms with Gasteiger partial charge in [-0.3, -0.25) is 28.8 Å². The minimum atomic E-state index is -0.931. The van der Waals surface area contributed by atoms with Crippen molar-refractivity contribution in [3.8, 4) is 0 Å². The number of hydrogen-bond acceptors (Lipinski definition) is 8. The minimum absolute atomic E-state index is 0.0528. The number of hydrogen-bond donors (Lipinski definition) is 4. The number of nitrogens with one attached hydrogen (secondary N) is 2. The highest BCUT2D eigenvalue weighted by Gasteiger charge is 2.63. The summed E-state index contributed by atoms with van der Waals surface area (Å²) in [6.07, 6.45) is 8.75. The van der Waals surface area contributed by atoms with Crippen LogP contribution in [0.3, 0.4) is 0 Å². The Kier molecular flexibility index (Phi) is 13.1. The van der Waals surface area contributed by atoms with Gasteiger partial charge in [0.1, 0.15) is 13.2 Å². The third-order valence-corrected chi connectivity index (χ3v) is 11.6. The fourth-order valence-corrected chi connectivity index (χ4v) is 8.15. The Morgan fingerprint density at radius 3 is 1.79 bits per heavy atom. The number of carboxylic acid groups (broad SMARTS) is 2. The average molecular weight is 679 g/mol. The Morgan fingerprint density at radius 2 is 1.25 bits per heavy atom. The smallest absolute Gasteiger partial charge is 0.311 e. The fraction of sp³-hybridized carbons (Fsp3) is 0.833. The number of ether oxygens (including phenoxy) is 2. The van der Waals surface area contributed by atoms with E-state index in [9.17, 15) is 33.9 Å². The quantitative estimate of drug-likeness (QED) is 0.148. The largest absolute Gasteiger partial charge is 0.481 e. The second-order valence-corrected chi connectivity index (χ2v) is 16.0. The molecule has 12 heteroatoms. The van der Waals surface area contributed by atoms with E-state index in [1.165, 1.54) is 0 Å². The summed E-state index contributed by atoms with van der Waals surface area (Å²) in [5.74, 6) is -3.02. The van der Waals surface area contributed by atoms with Crippen molar-refractivity contribution in [1.29, 1.82) is 0 Å². The Balaban J connectivity index is 0.000000265. The van der Waals surface area contributed by atoms with Crippen LogP contribution in [0.15, 0.2) is 0 Å². The Morgan fingerprint density at radius 1 is 0.729 bits per heavy atom. The summed E-state index contributed by atoms with van der Waals surface area (Å²) in [6.45, 7) is 12.0. The lowest BCUT2D eigenvalue weighted by Crippen LogP contribution is -2.59. The van der Waals surface area contributed by atoms with Gasteiger partial charge in [0.15, 0.2) is 0 Å². The second kappa shape index (κ2) is 16.0. The van der Waals surface area contributed by atoms with Gasteiger partial charge in [-0.2, -0.15) is 0 Å². The molecule has 12 nitrogen and oxygen atoms in total. The Hall–Kier alpha value is -3.18. The molecule has 0 aromatic heterocycles. The zero-order chi connectivity index (χ0) is 35.9. The number of rotatable bonds is 14. The van der Waals surface area contributed by atoms with Gasteiger partial charge in [0.25, 0.3) is 0 Å². The molecule has 4 unspecified atom stereocenters. The molecule has 0 heterocycles. The molecule has 5 fully saturated rings. The summed E-state index contributed by atoms with van der Waals surface area (Å²) in [6, 6.07) is 0.